The van der Waals surface area contributed by atoms with Crippen molar-refractivity contribution in [1.29, 1.82) is 0 Å². The normalized spacial score (nSPS) is 22.9. The Morgan fingerprint density at radius 1 is 1.25 bits per heavy atom. The Hall–Kier alpha value is -1.68. The first-order valence-corrected chi connectivity index (χ1v) is 7.20. The highest BCUT2D eigenvalue weighted by atomic mass is 19.1. The van der Waals surface area contributed by atoms with Crippen LogP contribution in [-0.2, 0) is 0 Å². The van der Waals surface area contributed by atoms with Crippen molar-refractivity contribution >= 4 is 0 Å². The Morgan fingerprint density at radius 3 is 2.70 bits per heavy atom. The van der Waals surface area contributed by atoms with E-state index in [0.29, 0.717) is 17.5 Å². The molecule has 3 N–H and O–H groups in total. The van der Waals surface area contributed by atoms with E-state index < -0.39 is 0 Å². The summed E-state index contributed by atoms with van der Waals surface area (Å²) in [5.41, 5.74) is 8.32. The van der Waals surface area contributed by atoms with Gasteiger partial charge in [0.1, 0.15) is 11.6 Å². The molecule has 1 fully saturated rings. The lowest BCUT2D eigenvalue weighted by Crippen LogP contribution is -2.26. The molecule has 1 aromatic carbocycles. The molecular formula is C16H20FN3. The van der Waals surface area contributed by atoms with E-state index in [2.05, 4.69) is 9.97 Å². The van der Waals surface area contributed by atoms with Gasteiger partial charge in [-0.3, -0.25) is 0 Å². The highest BCUT2D eigenvalue weighted by molar-refractivity contribution is 5.59. The van der Waals surface area contributed by atoms with Gasteiger partial charge in [0.15, 0.2) is 0 Å². The fraction of sp³-hybridized carbons (Fsp3) is 0.438. The number of benzene rings is 1. The number of aromatic amines is 1. The molecule has 1 aromatic heterocycles. The molecule has 0 amide bonds. The number of aryl methyl sites for hydroxylation is 1. The van der Waals surface area contributed by atoms with Crippen LogP contribution in [-0.4, -0.2) is 16.0 Å². The average molecular weight is 273 g/mol. The van der Waals surface area contributed by atoms with Crippen LogP contribution < -0.4 is 5.73 Å². The highest BCUT2D eigenvalue weighted by Gasteiger charge is 2.22. The Labute approximate surface area is 118 Å². The minimum Gasteiger partial charge on any atom is -0.342 e. The Morgan fingerprint density at radius 2 is 2.00 bits per heavy atom. The lowest BCUT2D eigenvalue weighted by Gasteiger charge is -2.24. The molecule has 1 heterocycles. The summed E-state index contributed by atoms with van der Waals surface area (Å²) in [6.45, 7) is 1.77. The number of hydrogen-bond acceptors (Lipinski definition) is 2. The van der Waals surface area contributed by atoms with Gasteiger partial charge in [0, 0.05) is 17.5 Å². The van der Waals surface area contributed by atoms with Crippen LogP contribution in [0.2, 0.25) is 0 Å². The third-order valence-corrected chi connectivity index (χ3v) is 4.24. The number of aromatic nitrogens is 2. The largest absolute Gasteiger partial charge is 0.342 e. The number of nitrogens with two attached hydrogens (primary N) is 1. The summed E-state index contributed by atoms with van der Waals surface area (Å²) in [6, 6.07) is 5.62. The number of H-pyrrole nitrogens is 1. The van der Waals surface area contributed by atoms with Gasteiger partial charge in [0.25, 0.3) is 0 Å². The van der Waals surface area contributed by atoms with Crippen molar-refractivity contribution in [2.45, 2.75) is 44.6 Å². The molecule has 0 atom stereocenters. The zero-order valence-electron chi connectivity index (χ0n) is 11.7. The van der Waals surface area contributed by atoms with Crippen LogP contribution in [0.25, 0.3) is 11.3 Å². The highest BCUT2D eigenvalue weighted by Crippen LogP contribution is 2.31. The predicted molar refractivity (Wildman–Crippen MR) is 77.9 cm³/mol. The molecule has 1 aliphatic rings. The molecule has 0 radical (unpaired) electrons. The SMILES string of the molecule is Cc1ccc(-c2cnc(C3CCC(N)CC3)[nH]2)cc1F. The van der Waals surface area contributed by atoms with E-state index in [4.69, 9.17) is 5.73 Å². The lowest BCUT2D eigenvalue weighted by molar-refractivity contribution is 0.386. The molecule has 20 heavy (non-hydrogen) atoms. The summed E-state index contributed by atoms with van der Waals surface area (Å²) in [5.74, 6) is 1.29. The Balaban J connectivity index is 1.81. The molecule has 1 aliphatic carbocycles. The van der Waals surface area contributed by atoms with Crippen LogP contribution in [0.15, 0.2) is 24.4 Å². The first-order valence-electron chi connectivity index (χ1n) is 7.20. The summed E-state index contributed by atoms with van der Waals surface area (Å²) in [4.78, 5) is 7.82. The van der Waals surface area contributed by atoms with Crippen LogP contribution in [0.5, 0.6) is 0 Å². The van der Waals surface area contributed by atoms with E-state index >= 15 is 0 Å². The van der Waals surface area contributed by atoms with Crippen LogP contribution in [0.3, 0.4) is 0 Å². The summed E-state index contributed by atoms with van der Waals surface area (Å²) in [7, 11) is 0. The zero-order valence-corrected chi connectivity index (χ0v) is 11.7. The van der Waals surface area contributed by atoms with Crippen LogP contribution >= 0.6 is 0 Å². The summed E-state index contributed by atoms with van der Waals surface area (Å²) < 4.78 is 13.6. The molecular weight excluding hydrogens is 253 g/mol. The molecule has 0 saturated heterocycles. The lowest BCUT2D eigenvalue weighted by atomic mass is 9.86. The fourth-order valence-corrected chi connectivity index (χ4v) is 2.84. The van der Waals surface area contributed by atoms with Crippen molar-refractivity contribution in [3.63, 3.8) is 0 Å². The second kappa shape index (κ2) is 5.37. The van der Waals surface area contributed by atoms with Crippen LogP contribution in [0, 0.1) is 12.7 Å². The zero-order chi connectivity index (χ0) is 14.1. The number of hydrogen-bond donors (Lipinski definition) is 2. The van der Waals surface area contributed by atoms with Gasteiger partial charge in [-0.2, -0.15) is 0 Å². The van der Waals surface area contributed by atoms with E-state index in [-0.39, 0.29) is 5.82 Å². The molecule has 0 spiro atoms. The fourth-order valence-electron chi connectivity index (χ4n) is 2.84. The van der Waals surface area contributed by atoms with E-state index in [1.807, 2.05) is 6.07 Å². The van der Waals surface area contributed by atoms with E-state index in [0.717, 1.165) is 42.8 Å². The number of nitrogens with one attached hydrogen (secondary N) is 1. The molecule has 3 nitrogen and oxygen atoms in total. The third kappa shape index (κ3) is 2.61. The Kier molecular flexibility index (Phi) is 3.57. The van der Waals surface area contributed by atoms with Crippen molar-refractivity contribution in [2.75, 3.05) is 0 Å². The molecule has 0 aliphatic heterocycles. The second-order valence-corrected chi connectivity index (χ2v) is 5.76. The molecule has 106 valence electrons. The first-order chi connectivity index (χ1) is 9.63. The van der Waals surface area contributed by atoms with Crippen molar-refractivity contribution in [3.8, 4) is 11.3 Å². The topological polar surface area (TPSA) is 54.7 Å². The van der Waals surface area contributed by atoms with Gasteiger partial charge in [0.05, 0.1) is 11.9 Å². The smallest absolute Gasteiger partial charge is 0.126 e. The van der Waals surface area contributed by atoms with E-state index in [9.17, 15) is 4.39 Å². The van der Waals surface area contributed by atoms with Crippen molar-refractivity contribution in [3.05, 3.63) is 41.6 Å². The van der Waals surface area contributed by atoms with Crippen molar-refractivity contribution in [1.82, 2.24) is 9.97 Å². The predicted octanol–water partition coefficient (Wildman–Crippen LogP) is 3.51. The number of halogens is 1. The molecule has 2 aromatic rings. The standard InChI is InChI=1S/C16H20FN3/c1-10-2-3-12(8-14(10)17)15-9-19-16(20-15)11-4-6-13(18)7-5-11/h2-3,8-9,11,13H,4-7,18H2,1H3,(H,19,20). The number of rotatable bonds is 2. The minimum absolute atomic E-state index is 0.178. The molecule has 0 bridgehead atoms. The van der Waals surface area contributed by atoms with Crippen molar-refractivity contribution in [2.24, 2.45) is 5.73 Å². The quantitative estimate of drug-likeness (QED) is 0.879. The maximum absolute atomic E-state index is 13.6. The maximum Gasteiger partial charge on any atom is 0.126 e. The van der Waals surface area contributed by atoms with Crippen LogP contribution in [0.1, 0.15) is 43.0 Å². The average Bonchev–Trinajstić information content (AvgIpc) is 2.92. The maximum atomic E-state index is 13.6. The van der Waals surface area contributed by atoms with Crippen LogP contribution in [0.4, 0.5) is 4.39 Å². The van der Waals surface area contributed by atoms with Gasteiger partial charge in [-0.15, -0.1) is 0 Å². The van der Waals surface area contributed by atoms with Gasteiger partial charge < -0.3 is 10.7 Å². The summed E-state index contributed by atoms with van der Waals surface area (Å²) >= 11 is 0. The number of imidazole rings is 1. The van der Waals surface area contributed by atoms with Gasteiger partial charge in [0.2, 0.25) is 0 Å². The minimum atomic E-state index is -0.178. The molecule has 1 saturated carbocycles. The number of nitrogens with zero attached hydrogens (tertiary/aromatic N) is 1. The van der Waals surface area contributed by atoms with Gasteiger partial charge in [-0.25, -0.2) is 9.37 Å². The summed E-state index contributed by atoms with van der Waals surface area (Å²) in [5, 5.41) is 0. The molecule has 4 heteroatoms. The van der Waals surface area contributed by atoms with E-state index in [1.165, 1.54) is 0 Å². The summed E-state index contributed by atoms with van der Waals surface area (Å²) in [6.07, 6.45) is 6.07. The molecule has 0 unspecified atom stereocenters. The first kappa shape index (κ1) is 13.3. The second-order valence-electron chi connectivity index (χ2n) is 5.76. The van der Waals surface area contributed by atoms with Crippen molar-refractivity contribution < 1.29 is 4.39 Å². The molecule has 3 rings (SSSR count). The Bertz CT molecular complexity index is 598. The third-order valence-electron chi connectivity index (χ3n) is 4.24. The van der Waals surface area contributed by atoms with Gasteiger partial charge in [-0.1, -0.05) is 12.1 Å². The van der Waals surface area contributed by atoms with Gasteiger partial charge in [-0.05, 0) is 44.2 Å². The van der Waals surface area contributed by atoms with E-state index in [1.54, 1.807) is 25.3 Å². The monoisotopic (exact) mass is 273 g/mol. The van der Waals surface area contributed by atoms with Gasteiger partial charge >= 0.3 is 0 Å².